The van der Waals surface area contributed by atoms with Gasteiger partial charge in [0.15, 0.2) is 0 Å². The van der Waals surface area contributed by atoms with Gasteiger partial charge in [0, 0.05) is 0 Å². The van der Waals surface area contributed by atoms with E-state index in [1.54, 1.807) is 5.79 Å². The van der Waals surface area contributed by atoms with Gasteiger partial charge >= 0.3 is 339 Å². The van der Waals surface area contributed by atoms with Gasteiger partial charge in [-0.25, -0.2) is 0 Å². The average Bonchev–Trinajstić information content (AvgIpc) is 3.94. The molecule has 6 heterocycles. The summed E-state index contributed by atoms with van der Waals surface area (Å²) in [4.78, 5) is 20.7. The van der Waals surface area contributed by atoms with E-state index in [0.717, 1.165) is 35.8 Å². The van der Waals surface area contributed by atoms with Crippen molar-refractivity contribution in [3.63, 3.8) is 0 Å². The van der Waals surface area contributed by atoms with Gasteiger partial charge in [0.2, 0.25) is 0 Å². The van der Waals surface area contributed by atoms with Crippen molar-refractivity contribution in [1.29, 1.82) is 0 Å². The SMILES string of the molecule is CCCCC(CC)Cc1sc(-c2c3c[c]([Sn]([CH3])([CH3])[CH3])sc3c(-c3sc(CC(CC)CCCC)c4c3OCCO4)c3c[c]([Sn]([CH3])([CH3])[CH3])sc23)c2c1OCCO2. The van der Waals surface area contributed by atoms with Crippen molar-refractivity contribution in [2.75, 3.05) is 26.4 Å². The Labute approximate surface area is 349 Å². The molecule has 0 amide bonds. The van der Waals surface area contributed by atoms with Crippen molar-refractivity contribution < 1.29 is 18.9 Å². The van der Waals surface area contributed by atoms with Crippen LogP contribution >= 0.6 is 45.3 Å². The molecule has 0 bridgehead atoms. The molecule has 0 N–H and O–H groups in total. The molecule has 0 aliphatic carbocycles. The fourth-order valence-corrected chi connectivity index (χ4v) is 23.7. The monoisotopic (exact) mass is 1020 g/mol. The first kappa shape index (κ1) is 41.5. The molecule has 2 unspecified atom stereocenters. The predicted octanol–water partition coefficient (Wildman–Crippen LogP) is 13.7. The molecule has 54 heavy (non-hydrogen) atoms. The molecule has 294 valence electrons. The molecule has 5 aromatic rings. The number of hydrogen-bond donors (Lipinski definition) is 0. The molecule has 0 saturated heterocycles. The minimum absolute atomic E-state index is 0.605. The first-order valence-electron chi connectivity index (χ1n) is 20.7. The van der Waals surface area contributed by atoms with Gasteiger partial charge in [0.25, 0.3) is 0 Å². The van der Waals surface area contributed by atoms with Gasteiger partial charge in [-0.2, -0.15) is 0 Å². The Morgan fingerprint density at radius 1 is 0.537 bits per heavy atom. The predicted molar refractivity (Wildman–Crippen MR) is 246 cm³/mol. The summed E-state index contributed by atoms with van der Waals surface area (Å²) in [6, 6.07) is 5.24. The Morgan fingerprint density at radius 3 is 1.24 bits per heavy atom. The molecule has 4 aromatic heterocycles. The second-order valence-electron chi connectivity index (χ2n) is 17.6. The van der Waals surface area contributed by atoms with Crippen molar-refractivity contribution in [3.05, 3.63) is 21.9 Å². The van der Waals surface area contributed by atoms with Gasteiger partial charge in [0.1, 0.15) is 0 Å². The maximum absolute atomic E-state index is 6.69. The molecule has 1 aromatic carbocycles. The number of hydrogen-bond acceptors (Lipinski definition) is 8. The second kappa shape index (κ2) is 17.3. The van der Waals surface area contributed by atoms with E-state index in [-0.39, 0.29) is 0 Å². The summed E-state index contributed by atoms with van der Waals surface area (Å²) in [7, 11) is 0. The molecule has 4 nitrogen and oxygen atoms in total. The fourth-order valence-electron chi connectivity index (χ4n) is 7.99. The molecule has 0 fully saturated rings. The van der Waals surface area contributed by atoms with Crippen molar-refractivity contribution in [2.24, 2.45) is 11.8 Å². The van der Waals surface area contributed by atoms with Crippen LogP contribution in [0.2, 0.25) is 29.6 Å². The fraction of sp³-hybridized carbons (Fsp3) is 0.591. The van der Waals surface area contributed by atoms with Crippen LogP contribution < -0.4 is 24.7 Å². The zero-order chi connectivity index (χ0) is 38.4. The second-order valence-corrected chi connectivity index (χ2v) is 52.8. The Morgan fingerprint density at radius 2 is 0.907 bits per heavy atom. The Hall–Kier alpha value is -0.663. The first-order valence-corrected chi connectivity index (χ1v) is 44.0. The van der Waals surface area contributed by atoms with E-state index >= 15 is 0 Å². The number of unbranched alkanes of at least 4 members (excludes halogenated alkanes) is 2. The third-order valence-electron chi connectivity index (χ3n) is 11.4. The number of benzene rings is 1. The van der Waals surface area contributed by atoms with Crippen LogP contribution in [0.4, 0.5) is 0 Å². The molecule has 0 saturated carbocycles. The van der Waals surface area contributed by atoms with Gasteiger partial charge in [-0.15, -0.1) is 0 Å². The zero-order valence-corrected chi connectivity index (χ0v) is 43.4. The third-order valence-corrected chi connectivity index (χ3v) is 34.9. The Balaban J connectivity index is 1.52. The maximum atomic E-state index is 6.69. The first-order chi connectivity index (χ1) is 25.9. The van der Waals surface area contributed by atoms with Crippen LogP contribution in [0.15, 0.2) is 12.1 Å². The summed E-state index contributed by atoms with van der Waals surface area (Å²) in [5.74, 6) is 5.36. The van der Waals surface area contributed by atoms with E-state index in [1.807, 2.05) is 22.7 Å². The number of rotatable bonds is 16. The van der Waals surface area contributed by atoms with Crippen LogP contribution in [0.5, 0.6) is 23.0 Å². The quantitative estimate of drug-likeness (QED) is 0.0923. The van der Waals surface area contributed by atoms with Crippen molar-refractivity contribution in [3.8, 4) is 43.9 Å². The van der Waals surface area contributed by atoms with Gasteiger partial charge in [-0.1, -0.05) is 13.8 Å². The van der Waals surface area contributed by atoms with E-state index in [4.69, 9.17) is 18.9 Å². The van der Waals surface area contributed by atoms with E-state index in [1.165, 1.54) is 102 Å². The van der Waals surface area contributed by atoms with Crippen LogP contribution in [-0.2, 0) is 12.8 Å². The summed E-state index contributed by atoms with van der Waals surface area (Å²) in [6.45, 7) is 11.8. The van der Waals surface area contributed by atoms with E-state index in [9.17, 15) is 0 Å². The topological polar surface area (TPSA) is 36.9 Å². The number of ether oxygens (including phenoxy) is 4. The van der Waals surface area contributed by atoms with E-state index < -0.39 is 36.8 Å². The molecular formula is C44H62O4S4Sn2. The molecule has 7 rings (SSSR count). The molecular weight excluding hydrogens is 958 g/mol. The van der Waals surface area contributed by atoms with Crippen LogP contribution in [0.1, 0.15) is 88.8 Å². The van der Waals surface area contributed by atoms with E-state index in [2.05, 4.69) is 92.1 Å². The minimum atomic E-state index is -2.51. The van der Waals surface area contributed by atoms with Crippen LogP contribution in [0.3, 0.4) is 0 Å². The van der Waals surface area contributed by atoms with Gasteiger partial charge in [-0.3, -0.25) is 0 Å². The summed E-state index contributed by atoms with van der Waals surface area (Å²) < 4.78 is 32.6. The normalized spacial score (nSPS) is 15.7. The summed E-state index contributed by atoms with van der Waals surface area (Å²) in [5.41, 5.74) is 2.78. The summed E-state index contributed by atoms with van der Waals surface area (Å²) >= 11 is 3.07. The molecule has 2 aliphatic heterocycles. The average molecular weight is 1020 g/mol. The Bertz CT molecular complexity index is 1890. The van der Waals surface area contributed by atoms with Crippen LogP contribution in [-0.4, -0.2) is 63.2 Å². The molecule has 2 aliphatic rings. The number of thiophene rings is 4. The molecule has 0 radical (unpaired) electrons. The number of fused-ring (bicyclic) bond motifs is 4. The van der Waals surface area contributed by atoms with Crippen molar-refractivity contribution in [1.82, 2.24) is 0 Å². The standard InChI is InChI=1S/C38H44O4S4.6CH3.2Sn/c1-5-9-11-23(7-3)21-27-31-33(41-17-15-39-31)37(45-27)29-25-13-19-44-36(25)30(26-14-20-43-35(26)29)38-34-32(40-16-18-42-34)28(46-38)22-24(8-4)12-10-6-2;;;;;;;;/h13-14,23-24H,5-12,15-18,21-22H2,1-4H3;6*1H3;;. The van der Waals surface area contributed by atoms with Crippen molar-refractivity contribution in [2.45, 2.75) is 122 Å². The van der Waals surface area contributed by atoms with Crippen LogP contribution in [0.25, 0.3) is 41.1 Å². The summed E-state index contributed by atoms with van der Waals surface area (Å²) in [6.07, 6.45) is 12.1. The van der Waals surface area contributed by atoms with Gasteiger partial charge in [0.05, 0.1) is 0 Å². The van der Waals surface area contributed by atoms with Gasteiger partial charge in [-0.05, 0) is 0 Å². The summed E-state index contributed by atoms with van der Waals surface area (Å²) in [5, 5.41) is 2.80. The third kappa shape index (κ3) is 8.28. The van der Waals surface area contributed by atoms with Gasteiger partial charge < -0.3 is 0 Å². The van der Waals surface area contributed by atoms with E-state index in [0.29, 0.717) is 38.3 Å². The molecule has 10 heteroatoms. The zero-order valence-electron chi connectivity index (χ0n) is 34.5. The molecule has 2 atom stereocenters. The molecule has 0 spiro atoms. The van der Waals surface area contributed by atoms with Crippen molar-refractivity contribution >= 4 is 108 Å². The van der Waals surface area contributed by atoms with Crippen LogP contribution in [0, 0.1) is 11.8 Å². The Kier molecular flexibility index (Phi) is 13.3.